The Morgan fingerprint density at radius 2 is 2.26 bits per heavy atom. The molecule has 2 atom stereocenters. The van der Waals surface area contributed by atoms with Crippen LogP contribution in [0.1, 0.15) is 30.2 Å². The third-order valence-electron chi connectivity index (χ3n) is 3.45. The molecule has 0 aliphatic carbocycles. The molecule has 1 fully saturated rings. The number of benzene rings is 1. The van der Waals surface area contributed by atoms with E-state index in [1.165, 1.54) is 0 Å². The van der Waals surface area contributed by atoms with Gasteiger partial charge < -0.3 is 9.84 Å². The Balaban J connectivity index is 0.00000192. The number of rotatable bonds is 5. The van der Waals surface area contributed by atoms with E-state index >= 15 is 0 Å². The SMILES string of the molecule is CC(NC(=O)C1CSCN1)c1nc(Cc2ccccc2)no1.Cl. The number of nitrogens with one attached hydrogen (secondary N) is 2. The van der Waals surface area contributed by atoms with Gasteiger partial charge in [-0.3, -0.25) is 10.1 Å². The lowest BCUT2D eigenvalue weighted by molar-refractivity contribution is -0.123. The van der Waals surface area contributed by atoms with Crippen molar-refractivity contribution in [1.82, 2.24) is 20.8 Å². The summed E-state index contributed by atoms with van der Waals surface area (Å²) < 4.78 is 5.26. The van der Waals surface area contributed by atoms with Crippen molar-refractivity contribution in [2.24, 2.45) is 0 Å². The molecule has 1 saturated heterocycles. The zero-order chi connectivity index (χ0) is 15.4. The molecule has 1 aromatic heterocycles. The van der Waals surface area contributed by atoms with E-state index in [9.17, 15) is 4.79 Å². The lowest BCUT2D eigenvalue weighted by Gasteiger charge is -2.13. The van der Waals surface area contributed by atoms with E-state index in [2.05, 4.69) is 20.8 Å². The predicted molar refractivity (Wildman–Crippen MR) is 91.6 cm³/mol. The highest BCUT2D eigenvalue weighted by atomic mass is 35.5. The zero-order valence-corrected chi connectivity index (χ0v) is 14.3. The molecule has 2 aromatic rings. The second kappa shape index (κ2) is 8.33. The molecule has 1 amide bonds. The van der Waals surface area contributed by atoms with Crippen molar-refractivity contribution in [1.29, 1.82) is 0 Å². The summed E-state index contributed by atoms with van der Waals surface area (Å²) in [6.07, 6.45) is 0.617. The summed E-state index contributed by atoms with van der Waals surface area (Å²) in [6, 6.07) is 9.53. The molecule has 1 aromatic carbocycles. The van der Waals surface area contributed by atoms with E-state index in [1.54, 1.807) is 11.8 Å². The van der Waals surface area contributed by atoms with E-state index in [0.29, 0.717) is 18.1 Å². The molecule has 8 heteroatoms. The highest BCUT2D eigenvalue weighted by molar-refractivity contribution is 7.99. The lowest BCUT2D eigenvalue weighted by Crippen LogP contribution is -2.43. The minimum absolute atomic E-state index is 0. The Hall–Kier alpha value is -1.57. The van der Waals surface area contributed by atoms with E-state index in [4.69, 9.17) is 4.52 Å². The van der Waals surface area contributed by atoms with Crippen LogP contribution in [0, 0.1) is 0 Å². The van der Waals surface area contributed by atoms with Crippen molar-refractivity contribution in [3.63, 3.8) is 0 Å². The molecule has 0 bridgehead atoms. The predicted octanol–water partition coefficient (Wildman–Crippen LogP) is 1.92. The number of nitrogens with zero attached hydrogens (tertiary/aromatic N) is 2. The molecule has 3 rings (SSSR count). The van der Waals surface area contributed by atoms with Crippen molar-refractivity contribution in [3.05, 3.63) is 47.6 Å². The van der Waals surface area contributed by atoms with Crippen molar-refractivity contribution < 1.29 is 9.32 Å². The number of thioether (sulfide) groups is 1. The van der Waals surface area contributed by atoms with Crippen LogP contribution < -0.4 is 10.6 Å². The van der Waals surface area contributed by atoms with Gasteiger partial charge in [0, 0.05) is 18.1 Å². The number of aromatic nitrogens is 2. The van der Waals surface area contributed by atoms with E-state index < -0.39 is 0 Å². The van der Waals surface area contributed by atoms with Gasteiger partial charge in [-0.2, -0.15) is 4.98 Å². The average molecular weight is 355 g/mol. The van der Waals surface area contributed by atoms with E-state index in [0.717, 1.165) is 17.2 Å². The maximum Gasteiger partial charge on any atom is 0.248 e. The molecule has 1 aliphatic heterocycles. The molecule has 0 saturated carbocycles. The number of carbonyl (C=O) groups excluding carboxylic acids is 1. The zero-order valence-electron chi connectivity index (χ0n) is 12.7. The van der Waals surface area contributed by atoms with Crippen molar-refractivity contribution in [2.75, 3.05) is 11.6 Å². The molecule has 2 unspecified atom stereocenters. The second-order valence-electron chi connectivity index (χ2n) is 5.21. The van der Waals surface area contributed by atoms with Gasteiger partial charge in [-0.05, 0) is 12.5 Å². The first-order chi connectivity index (χ1) is 10.7. The molecule has 23 heavy (non-hydrogen) atoms. The first-order valence-electron chi connectivity index (χ1n) is 7.20. The molecule has 6 nitrogen and oxygen atoms in total. The topological polar surface area (TPSA) is 80.0 Å². The van der Waals surface area contributed by atoms with Gasteiger partial charge in [0.1, 0.15) is 6.04 Å². The van der Waals surface area contributed by atoms with Crippen LogP contribution in [0.15, 0.2) is 34.9 Å². The minimum atomic E-state index is -0.295. The highest BCUT2D eigenvalue weighted by Gasteiger charge is 2.25. The van der Waals surface area contributed by atoms with Gasteiger partial charge in [0.25, 0.3) is 0 Å². The van der Waals surface area contributed by atoms with Gasteiger partial charge in [-0.1, -0.05) is 35.5 Å². The maximum atomic E-state index is 12.1. The first-order valence-corrected chi connectivity index (χ1v) is 8.36. The third-order valence-corrected chi connectivity index (χ3v) is 4.39. The minimum Gasteiger partial charge on any atom is -0.343 e. The first kappa shape index (κ1) is 17.8. The molecule has 2 heterocycles. The summed E-state index contributed by atoms with van der Waals surface area (Å²) in [6.45, 7) is 1.85. The summed E-state index contributed by atoms with van der Waals surface area (Å²) in [7, 11) is 0. The largest absolute Gasteiger partial charge is 0.343 e. The molecule has 1 aliphatic rings. The average Bonchev–Trinajstić information content (AvgIpc) is 3.19. The molecule has 0 spiro atoms. The lowest BCUT2D eigenvalue weighted by atomic mass is 10.1. The fourth-order valence-corrected chi connectivity index (χ4v) is 3.17. The van der Waals surface area contributed by atoms with Crippen molar-refractivity contribution in [3.8, 4) is 0 Å². The van der Waals surface area contributed by atoms with Crippen LogP contribution in [0.4, 0.5) is 0 Å². The number of hydrogen-bond acceptors (Lipinski definition) is 6. The van der Waals surface area contributed by atoms with Crippen LogP contribution in [0.5, 0.6) is 0 Å². The normalized spacial score (nSPS) is 18.2. The molecule has 2 N–H and O–H groups in total. The van der Waals surface area contributed by atoms with Crippen LogP contribution in [-0.4, -0.2) is 33.7 Å². The number of hydrogen-bond donors (Lipinski definition) is 2. The second-order valence-corrected chi connectivity index (χ2v) is 6.24. The quantitative estimate of drug-likeness (QED) is 0.854. The summed E-state index contributed by atoms with van der Waals surface area (Å²) in [4.78, 5) is 16.4. The summed E-state index contributed by atoms with van der Waals surface area (Å²) in [5.74, 6) is 2.64. The van der Waals surface area contributed by atoms with Gasteiger partial charge in [0.05, 0.1) is 6.04 Å². The van der Waals surface area contributed by atoms with Crippen LogP contribution in [-0.2, 0) is 11.2 Å². The Labute approximate surface area is 145 Å². The highest BCUT2D eigenvalue weighted by Crippen LogP contribution is 2.14. The van der Waals surface area contributed by atoms with Crippen LogP contribution in [0.2, 0.25) is 0 Å². The fraction of sp³-hybridized carbons (Fsp3) is 0.400. The number of halogens is 1. The van der Waals surface area contributed by atoms with Crippen LogP contribution in [0.3, 0.4) is 0 Å². The molecular weight excluding hydrogens is 336 g/mol. The summed E-state index contributed by atoms with van der Waals surface area (Å²) in [5, 5.41) is 10.0. The van der Waals surface area contributed by atoms with E-state index in [1.807, 2.05) is 37.3 Å². The van der Waals surface area contributed by atoms with Gasteiger partial charge in [0.2, 0.25) is 11.8 Å². The van der Waals surface area contributed by atoms with Gasteiger partial charge in [-0.15, -0.1) is 24.2 Å². The monoisotopic (exact) mass is 354 g/mol. The fourth-order valence-electron chi connectivity index (χ4n) is 2.23. The molecular formula is C15H19ClN4O2S. The molecule has 0 radical (unpaired) electrons. The van der Waals surface area contributed by atoms with E-state index in [-0.39, 0.29) is 30.4 Å². The third kappa shape index (κ3) is 4.70. The summed E-state index contributed by atoms with van der Waals surface area (Å²) >= 11 is 1.72. The smallest absolute Gasteiger partial charge is 0.248 e. The number of amides is 1. The Kier molecular flexibility index (Phi) is 6.44. The van der Waals surface area contributed by atoms with Crippen molar-refractivity contribution in [2.45, 2.75) is 25.4 Å². The van der Waals surface area contributed by atoms with Crippen molar-refractivity contribution >= 4 is 30.1 Å². The Bertz CT molecular complexity index is 631. The van der Waals surface area contributed by atoms with Gasteiger partial charge >= 0.3 is 0 Å². The number of carbonyl (C=O) groups is 1. The standard InChI is InChI=1S/C15H18N4O2S.ClH/c1-10(17-14(20)12-8-22-9-16-12)15-18-13(19-21-15)7-11-5-3-2-4-6-11;/h2-6,10,12,16H,7-9H2,1H3,(H,17,20);1H. The van der Waals surface area contributed by atoms with Crippen LogP contribution >= 0.6 is 24.2 Å². The van der Waals surface area contributed by atoms with Gasteiger partial charge in [0.15, 0.2) is 5.82 Å². The molecule has 124 valence electrons. The Morgan fingerprint density at radius 1 is 1.48 bits per heavy atom. The summed E-state index contributed by atoms with van der Waals surface area (Å²) in [5.41, 5.74) is 1.12. The van der Waals surface area contributed by atoms with Crippen LogP contribution in [0.25, 0.3) is 0 Å². The Morgan fingerprint density at radius 3 is 2.96 bits per heavy atom. The maximum absolute atomic E-state index is 12.1. The van der Waals surface area contributed by atoms with Gasteiger partial charge in [-0.25, -0.2) is 0 Å².